The summed E-state index contributed by atoms with van der Waals surface area (Å²) in [6.07, 6.45) is 0.744. The van der Waals surface area contributed by atoms with E-state index in [0.717, 1.165) is 4.31 Å². The van der Waals surface area contributed by atoms with Crippen molar-refractivity contribution < 1.29 is 23.1 Å². The number of hydrogen-bond acceptors (Lipinski definition) is 4. The van der Waals surface area contributed by atoms with Gasteiger partial charge in [-0.15, -0.1) is 0 Å². The third-order valence-electron chi connectivity index (χ3n) is 3.45. The van der Waals surface area contributed by atoms with Crippen molar-refractivity contribution in [3.8, 4) is 0 Å². The van der Waals surface area contributed by atoms with E-state index in [9.17, 15) is 18.0 Å². The molecule has 0 rings (SSSR count). The fourth-order valence-electron chi connectivity index (χ4n) is 1.87. The van der Waals surface area contributed by atoms with Crippen molar-refractivity contribution in [2.45, 2.75) is 45.6 Å². The Hall–Kier alpha value is -1.15. The van der Waals surface area contributed by atoms with Crippen LogP contribution in [0.1, 0.15) is 40.0 Å². The second-order valence-corrected chi connectivity index (χ2v) is 7.13. The molecule has 8 heteroatoms. The lowest BCUT2D eigenvalue weighted by atomic mass is 9.89. The molecule has 0 spiro atoms. The number of rotatable bonds is 9. The molecule has 20 heavy (non-hydrogen) atoms. The number of hydrogen-bond donors (Lipinski definition) is 2. The van der Waals surface area contributed by atoms with Crippen molar-refractivity contribution in [1.82, 2.24) is 9.62 Å². The molecular formula is C12H24N2O5S. The highest BCUT2D eigenvalue weighted by atomic mass is 32.2. The highest BCUT2D eigenvalue weighted by Gasteiger charge is 2.31. The molecule has 0 saturated heterocycles. The van der Waals surface area contributed by atoms with Gasteiger partial charge in [-0.25, -0.2) is 8.42 Å². The number of likely N-dealkylation sites (N-methyl/N-ethyl adjacent to an activating group) is 1. The molecule has 1 amide bonds. The summed E-state index contributed by atoms with van der Waals surface area (Å²) in [7, 11) is -2.10. The summed E-state index contributed by atoms with van der Waals surface area (Å²) < 4.78 is 24.1. The van der Waals surface area contributed by atoms with E-state index in [0.29, 0.717) is 12.8 Å². The number of nitrogens with zero attached hydrogens (tertiary/aromatic N) is 1. The van der Waals surface area contributed by atoms with Crippen LogP contribution < -0.4 is 5.32 Å². The molecule has 0 bridgehead atoms. The van der Waals surface area contributed by atoms with Gasteiger partial charge in [-0.3, -0.25) is 9.59 Å². The lowest BCUT2D eigenvalue weighted by Gasteiger charge is -2.32. The lowest BCUT2D eigenvalue weighted by molar-refractivity contribution is -0.139. The van der Waals surface area contributed by atoms with Crippen LogP contribution in [0.15, 0.2) is 0 Å². The first-order chi connectivity index (χ1) is 9.12. The number of nitrogens with one attached hydrogen (secondary N) is 1. The zero-order valence-electron chi connectivity index (χ0n) is 12.5. The molecule has 7 nitrogen and oxygen atoms in total. The van der Waals surface area contributed by atoms with Crippen LogP contribution >= 0.6 is 0 Å². The number of aliphatic carboxylic acids is 1. The highest BCUT2D eigenvalue weighted by molar-refractivity contribution is 7.89. The van der Waals surface area contributed by atoms with Crippen LogP contribution in [0, 0.1) is 0 Å². The molecule has 0 atom stereocenters. The maximum absolute atomic E-state index is 11.9. The van der Waals surface area contributed by atoms with Crippen molar-refractivity contribution in [3.05, 3.63) is 0 Å². The van der Waals surface area contributed by atoms with E-state index in [2.05, 4.69) is 5.32 Å². The van der Waals surface area contributed by atoms with Crippen LogP contribution in [-0.2, 0) is 19.6 Å². The van der Waals surface area contributed by atoms with E-state index in [1.807, 2.05) is 0 Å². The average Bonchev–Trinajstić information content (AvgIpc) is 2.36. The number of amides is 1. The van der Waals surface area contributed by atoms with Gasteiger partial charge in [-0.05, 0) is 19.8 Å². The Morgan fingerprint density at radius 2 is 1.70 bits per heavy atom. The first-order valence-electron chi connectivity index (χ1n) is 6.59. The molecule has 0 aliphatic carbocycles. The Bertz CT molecular complexity index is 443. The van der Waals surface area contributed by atoms with E-state index in [1.165, 1.54) is 14.0 Å². The zero-order chi connectivity index (χ0) is 16.0. The van der Waals surface area contributed by atoms with Gasteiger partial charge >= 0.3 is 5.97 Å². The second-order valence-electron chi connectivity index (χ2n) is 4.76. The van der Waals surface area contributed by atoms with Gasteiger partial charge in [0.25, 0.3) is 0 Å². The Kier molecular flexibility index (Phi) is 7.15. The molecule has 0 aromatic heterocycles. The second kappa shape index (κ2) is 7.58. The van der Waals surface area contributed by atoms with Crippen LogP contribution in [-0.4, -0.2) is 54.6 Å². The first-order valence-corrected chi connectivity index (χ1v) is 8.20. The van der Waals surface area contributed by atoms with Gasteiger partial charge in [0.1, 0.15) is 0 Å². The predicted octanol–water partition coefficient (Wildman–Crippen LogP) is 0.418. The molecule has 0 heterocycles. The standard InChI is InChI=1S/C12H24N2O5S/c1-5-12(6-2,8-11(16)17)13-10(15)9-14(4)20(18,19)7-3/h5-9H2,1-4H3,(H,13,15)(H,16,17). The van der Waals surface area contributed by atoms with Crippen molar-refractivity contribution in [2.24, 2.45) is 0 Å². The summed E-state index contributed by atoms with van der Waals surface area (Å²) in [4.78, 5) is 22.8. The normalized spacial score (nSPS) is 12.4. The fourth-order valence-corrected chi connectivity index (χ4v) is 2.62. The minimum absolute atomic E-state index is 0.0847. The van der Waals surface area contributed by atoms with Gasteiger partial charge in [0.2, 0.25) is 15.9 Å². The van der Waals surface area contributed by atoms with E-state index >= 15 is 0 Å². The van der Waals surface area contributed by atoms with Crippen LogP contribution in [0.2, 0.25) is 0 Å². The summed E-state index contributed by atoms with van der Waals surface area (Å²) in [5.41, 5.74) is -0.834. The minimum Gasteiger partial charge on any atom is -0.481 e. The zero-order valence-corrected chi connectivity index (χ0v) is 13.3. The topological polar surface area (TPSA) is 104 Å². The summed E-state index contributed by atoms with van der Waals surface area (Å²) in [5, 5.41) is 11.6. The molecule has 0 radical (unpaired) electrons. The molecule has 0 aliphatic rings. The SMILES string of the molecule is CCC(CC)(CC(=O)O)NC(=O)CN(C)S(=O)(=O)CC. The fraction of sp³-hybridized carbons (Fsp3) is 0.833. The maximum Gasteiger partial charge on any atom is 0.305 e. The van der Waals surface area contributed by atoms with Crippen LogP contribution in [0.3, 0.4) is 0 Å². The van der Waals surface area contributed by atoms with E-state index in [1.54, 1.807) is 13.8 Å². The Labute approximate surface area is 120 Å². The molecular weight excluding hydrogens is 284 g/mol. The molecule has 0 saturated carbocycles. The van der Waals surface area contributed by atoms with E-state index in [4.69, 9.17) is 5.11 Å². The molecule has 0 aromatic carbocycles. The Morgan fingerprint density at radius 3 is 2.05 bits per heavy atom. The lowest BCUT2D eigenvalue weighted by Crippen LogP contribution is -2.52. The van der Waals surface area contributed by atoms with Crippen molar-refractivity contribution in [3.63, 3.8) is 0 Å². The van der Waals surface area contributed by atoms with Gasteiger partial charge in [0, 0.05) is 12.6 Å². The van der Waals surface area contributed by atoms with Crippen LogP contribution in [0.5, 0.6) is 0 Å². The van der Waals surface area contributed by atoms with Gasteiger partial charge in [0.15, 0.2) is 0 Å². The minimum atomic E-state index is -3.43. The highest BCUT2D eigenvalue weighted by Crippen LogP contribution is 2.19. The summed E-state index contributed by atoms with van der Waals surface area (Å²) in [5.74, 6) is -1.57. The Balaban J connectivity index is 4.83. The summed E-state index contributed by atoms with van der Waals surface area (Å²) in [6.45, 7) is 4.77. The largest absolute Gasteiger partial charge is 0.481 e. The van der Waals surface area contributed by atoms with Crippen molar-refractivity contribution >= 4 is 21.9 Å². The maximum atomic E-state index is 11.9. The van der Waals surface area contributed by atoms with Gasteiger partial charge in [0.05, 0.1) is 18.7 Å². The molecule has 2 N–H and O–H groups in total. The quantitative estimate of drug-likeness (QED) is 0.642. The van der Waals surface area contributed by atoms with E-state index in [-0.39, 0.29) is 18.7 Å². The van der Waals surface area contributed by atoms with Gasteiger partial charge in [-0.1, -0.05) is 13.8 Å². The number of sulfonamides is 1. The smallest absolute Gasteiger partial charge is 0.305 e. The van der Waals surface area contributed by atoms with E-state index < -0.39 is 27.4 Å². The monoisotopic (exact) mass is 308 g/mol. The molecule has 0 aliphatic heterocycles. The molecule has 118 valence electrons. The number of carboxylic acids is 1. The predicted molar refractivity (Wildman–Crippen MR) is 75.8 cm³/mol. The average molecular weight is 308 g/mol. The van der Waals surface area contributed by atoms with Crippen molar-refractivity contribution in [2.75, 3.05) is 19.3 Å². The van der Waals surface area contributed by atoms with Crippen LogP contribution in [0.25, 0.3) is 0 Å². The summed E-state index contributed by atoms with van der Waals surface area (Å²) in [6, 6.07) is 0. The molecule has 0 unspecified atom stereocenters. The third-order valence-corrected chi connectivity index (χ3v) is 5.26. The molecule has 0 aromatic rings. The third kappa shape index (κ3) is 5.46. The van der Waals surface area contributed by atoms with Crippen LogP contribution in [0.4, 0.5) is 0 Å². The van der Waals surface area contributed by atoms with Crippen molar-refractivity contribution in [1.29, 1.82) is 0 Å². The van der Waals surface area contributed by atoms with Gasteiger partial charge in [-0.2, -0.15) is 4.31 Å². The molecule has 0 fully saturated rings. The first kappa shape index (κ1) is 18.9. The summed E-state index contributed by atoms with van der Waals surface area (Å²) >= 11 is 0. The Morgan fingerprint density at radius 1 is 1.20 bits per heavy atom. The number of carbonyl (C=O) groups excluding carboxylic acids is 1. The number of carbonyl (C=O) groups is 2. The van der Waals surface area contributed by atoms with Gasteiger partial charge < -0.3 is 10.4 Å². The number of carboxylic acid groups (broad SMARTS) is 1.